The number of nitrogens with one attached hydrogen (secondary N) is 2. The summed E-state index contributed by atoms with van der Waals surface area (Å²) in [7, 11) is 0. The highest BCUT2D eigenvalue weighted by Crippen LogP contribution is 2.33. The molecule has 0 unspecified atom stereocenters. The van der Waals surface area contributed by atoms with Crippen molar-refractivity contribution < 1.29 is 4.79 Å². The van der Waals surface area contributed by atoms with Gasteiger partial charge in [0.15, 0.2) is 0 Å². The minimum Gasteiger partial charge on any atom is -0.347 e. The first-order valence-electron chi connectivity index (χ1n) is 10.7. The third kappa shape index (κ3) is 3.61. The lowest BCUT2D eigenvalue weighted by molar-refractivity contribution is 0.0950. The predicted octanol–water partition coefficient (Wildman–Crippen LogP) is 3.37. The van der Waals surface area contributed by atoms with Crippen molar-refractivity contribution in [2.24, 2.45) is 5.92 Å². The van der Waals surface area contributed by atoms with Gasteiger partial charge in [-0.1, -0.05) is 19.3 Å². The summed E-state index contributed by atoms with van der Waals surface area (Å²) in [6.45, 7) is 1.11. The van der Waals surface area contributed by atoms with Gasteiger partial charge < -0.3 is 10.3 Å². The molecule has 0 spiro atoms. The van der Waals surface area contributed by atoms with E-state index in [1.807, 2.05) is 27.3 Å². The molecular formula is C22H27N5O2. The van der Waals surface area contributed by atoms with E-state index in [4.69, 9.17) is 0 Å². The third-order valence-corrected chi connectivity index (χ3v) is 6.27. The fourth-order valence-corrected chi connectivity index (χ4v) is 4.51. The molecule has 1 aromatic carbocycles. The molecule has 2 N–H and O–H groups in total. The van der Waals surface area contributed by atoms with Crippen LogP contribution in [0.4, 0.5) is 0 Å². The normalized spacial score (nSPS) is 17.7. The van der Waals surface area contributed by atoms with Crippen molar-refractivity contribution in [3.63, 3.8) is 0 Å². The highest BCUT2D eigenvalue weighted by molar-refractivity contribution is 5.97. The van der Waals surface area contributed by atoms with Crippen LogP contribution in [0.1, 0.15) is 67.2 Å². The molecule has 0 saturated heterocycles. The van der Waals surface area contributed by atoms with E-state index in [1.54, 1.807) is 12.4 Å². The number of imidazole rings is 2. The third-order valence-electron chi connectivity index (χ3n) is 6.27. The first kappa shape index (κ1) is 18.2. The molecule has 2 aliphatic rings. The van der Waals surface area contributed by atoms with E-state index in [0.717, 1.165) is 30.4 Å². The topological polar surface area (TPSA) is 84.7 Å². The van der Waals surface area contributed by atoms with Crippen LogP contribution in [0.25, 0.3) is 11.0 Å². The molecule has 2 saturated carbocycles. The molecule has 7 nitrogen and oxygen atoms in total. The molecule has 2 aromatic heterocycles. The van der Waals surface area contributed by atoms with Gasteiger partial charge in [0, 0.05) is 30.5 Å². The van der Waals surface area contributed by atoms with E-state index >= 15 is 0 Å². The number of amides is 1. The Morgan fingerprint density at radius 2 is 1.97 bits per heavy atom. The monoisotopic (exact) mass is 393 g/mol. The highest BCUT2D eigenvalue weighted by Gasteiger charge is 2.27. The zero-order chi connectivity index (χ0) is 19.8. The Kier molecular flexibility index (Phi) is 4.73. The van der Waals surface area contributed by atoms with Gasteiger partial charge in [-0.2, -0.15) is 0 Å². The lowest BCUT2D eigenvalue weighted by Crippen LogP contribution is -2.29. The van der Waals surface area contributed by atoms with Gasteiger partial charge in [0.25, 0.3) is 5.91 Å². The average molecular weight is 393 g/mol. The molecule has 2 aliphatic carbocycles. The summed E-state index contributed by atoms with van der Waals surface area (Å²) < 4.78 is 3.91. The lowest BCUT2D eigenvalue weighted by atomic mass is 9.95. The fourth-order valence-electron chi connectivity index (χ4n) is 4.51. The van der Waals surface area contributed by atoms with Crippen molar-refractivity contribution in [2.45, 2.75) is 64.1 Å². The number of rotatable bonds is 6. The van der Waals surface area contributed by atoms with E-state index in [9.17, 15) is 9.59 Å². The molecule has 0 atom stereocenters. The summed E-state index contributed by atoms with van der Waals surface area (Å²) in [6.07, 6.45) is 11.5. The van der Waals surface area contributed by atoms with Gasteiger partial charge in [-0.3, -0.25) is 13.9 Å². The second kappa shape index (κ2) is 7.54. The van der Waals surface area contributed by atoms with Crippen LogP contribution < -0.4 is 11.0 Å². The second-order valence-electron chi connectivity index (χ2n) is 8.42. The number of aromatic amines is 1. The van der Waals surface area contributed by atoms with Crippen LogP contribution >= 0.6 is 0 Å². The Hall–Kier alpha value is -2.83. The summed E-state index contributed by atoms with van der Waals surface area (Å²) in [4.78, 5) is 33.1. The number of carbonyl (C=O) groups is 1. The van der Waals surface area contributed by atoms with Crippen LogP contribution in [0, 0.1) is 5.92 Å². The SMILES string of the molecule is O=C(NCc1ncc[nH]1)c1ccc2c(c1)n(CC1CC1)c(=O)n2C1CCCCC1. The minimum atomic E-state index is -0.154. The van der Waals surface area contributed by atoms with Crippen LogP contribution in [0.15, 0.2) is 35.4 Å². The molecule has 2 fully saturated rings. The van der Waals surface area contributed by atoms with Gasteiger partial charge in [0.05, 0.1) is 17.6 Å². The first-order valence-corrected chi connectivity index (χ1v) is 10.7. The van der Waals surface area contributed by atoms with E-state index in [-0.39, 0.29) is 17.6 Å². The van der Waals surface area contributed by atoms with Gasteiger partial charge in [-0.25, -0.2) is 9.78 Å². The summed E-state index contributed by atoms with van der Waals surface area (Å²) >= 11 is 0. The molecule has 7 heteroatoms. The van der Waals surface area contributed by atoms with Crippen molar-refractivity contribution in [3.8, 4) is 0 Å². The largest absolute Gasteiger partial charge is 0.347 e. The summed E-state index contributed by atoms with van der Waals surface area (Å²) in [6, 6.07) is 5.95. The van der Waals surface area contributed by atoms with Gasteiger partial charge in [0.2, 0.25) is 0 Å². The summed E-state index contributed by atoms with van der Waals surface area (Å²) in [5.41, 5.74) is 2.52. The second-order valence-corrected chi connectivity index (χ2v) is 8.42. The average Bonchev–Trinajstić information content (AvgIpc) is 3.33. The predicted molar refractivity (Wildman–Crippen MR) is 111 cm³/mol. The number of H-pyrrole nitrogens is 1. The van der Waals surface area contributed by atoms with Crippen molar-refractivity contribution in [1.29, 1.82) is 0 Å². The van der Waals surface area contributed by atoms with E-state index < -0.39 is 0 Å². The van der Waals surface area contributed by atoms with Crippen LogP contribution in [-0.4, -0.2) is 25.0 Å². The van der Waals surface area contributed by atoms with Gasteiger partial charge in [-0.15, -0.1) is 0 Å². The van der Waals surface area contributed by atoms with Crippen molar-refractivity contribution in [3.05, 3.63) is 52.5 Å². The highest BCUT2D eigenvalue weighted by atomic mass is 16.2. The van der Waals surface area contributed by atoms with Crippen LogP contribution in [-0.2, 0) is 13.1 Å². The standard InChI is InChI=1S/C22H27N5O2/c28-21(25-13-20-23-10-11-24-20)16-8-9-18-19(12-16)26(14-15-6-7-15)22(29)27(18)17-4-2-1-3-5-17/h8-12,15,17H,1-7,13-14H2,(H,23,24)(H,25,28). The number of carbonyl (C=O) groups excluding carboxylic acids is 1. The van der Waals surface area contributed by atoms with Crippen LogP contribution in [0.2, 0.25) is 0 Å². The maximum absolute atomic E-state index is 13.3. The Labute approximate surface area is 169 Å². The zero-order valence-electron chi connectivity index (χ0n) is 16.6. The Bertz CT molecular complexity index is 1070. The Balaban J connectivity index is 1.49. The van der Waals surface area contributed by atoms with Crippen molar-refractivity contribution >= 4 is 16.9 Å². The molecule has 3 aromatic rings. The molecule has 2 heterocycles. The molecule has 5 rings (SSSR count). The van der Waals surface area contributed by atoms with Crippen LogP contribution in [0.5, 0.6) is 0 Å². The van der Waals surface area contributed by atoms with Crippen molar-refractivity contribution in [2.75, 3.05) is 0 Å². The quantitative estimate of drug-likeness (QED) is 0.673. The maximum atomic E-state index is 13.3. The summed E-state index contributed by atoms with van der Waals surface area (Å²) in [5.74, 6) is 1.15. The van der Waals surface area contributed by atoms with E-state index in [1.165, 1.54) is 32.1 Å². The van der Waals surface area contributed by atoms with E-state index in [0.29, 0.717) is 23.9 Å². The number of hydrogen-bond donors (Lipinski definition) is 2. The number of nitrogens with zero attached hydrogens (tertiary/aromatic N) is 3. The minimum absolute atomic E-state index is 0.0898. The Morgan fingerprint density at radius 1 is 1.14 bits per heavy atom. The number of fused-ring (bicyclic) bond motifs is 1. The maximum Gasteiger partial charge on any atom is 0.329 e. The molecule has 152 valence electrons. The smallest absolute Gasteiger partial charge is 0.329 e. The molecule has 29 heavy (non-hydrogen) atoms. The molecule has 1 amide bonds. The molecule has 0 aliphatic heterocycles. The lowest BCUT2D eigenvalue weighted by Gasteiger charge is -2.23. The number of hydrogen-bond acceptors (Lipinski definition) is 3. The molecule has 0 bridgehead atoms. The van der Waals surface area contributed by atoms with E-state index in [2.05, 4.69) is 15.3 Å². The van der Waals surface area contributed by atoms with Gasteiger partial charge in [0.1, 0.15) is 5.82 Å². The van der Waals surface area contributed by atoms with Gasteiger partial charge >= 0.3 is 5.69 Å². The van der Waals surface area contributed by atoms with Crippen LogP contribution in [0.3, 0.4) is 0 Å². The first-order chi connectivity index (χ1) is 14.2. The number of aromatic nitrogens is 4. The fraction of sp³-hybridized carbons (Fsp3) is 0.500. The van der Waals surface area contributed by atoms with Gasteiger partial charge in [-0.05, 0) is 49.8 Å². The summed E-state index contributed by atoms with van der Waals surface area (Å²) in [5, 5.41) is 2.90. The van der Waals surface area contributed by atoms with Crippen molar-refractivity contribution in [1.82, 2.24) is 24.4 Å². The Morgan fingerprint density at radius 3 is 2.69 bits per heavy atom. The zero-order valence-corrected chi connectivity index (χ0v) is 16.6. The number of benzene rings is 1. The molecular weight excluding hydrogens is 366 g/mol. The molecule has 0 radical (unpaired) electrons.